The smallest absolute Gasteiger partial charge is 0.141 e. The summed E-state index contributed by atoms with van der Waals surface area (Å²) in [7, 11) is 1.72. The first-order chi connectivity index (χ1) is 7.10. The number of rotatable bonds is 4. The van der Waals surface area contributed by atoms with E-state index >= 15 is 0 Å². The van der Waals surface area contributed by atoms with Crippen molar-refractivity contribution < 1.29 is 9.50 Å². The summed E-state index contributed by atoms with van der Waals surface area (Å²) >= 11 is 5.66. The van der Waals surface area contributed by atoms with Crippen LogP contribution in [0.1, 0.15) is 11.6 Å². The highest BCUT2D eigenvalue weighted by atomic mass is 35.5. The van der Waals surface area contributed by atoms with E-state index in [1.165, 1.54) is 12.1 Å². The number of nitrogens with two attached hydrogens (primary N) is 1. The van der Waals surface area contributed by atoms with E-state index in [-0.39, 0.29) is 17.7 Å². The summed E-state index contributed by atoms with van der Waals surface area (Å²) < 4.78 is 12.9. The third kappa shape index (κ3) is 2.89. The van der Waals surface area contributed by atoms with Crippen molar-refractivity contribution in [3.63, 3.8) is 0 Å². The lowest BCUT2D eigenvalue weighted by molar-refractivity contribution is 0.240. The third-order valence-corrected chi connectivity index (χ3v) is 2.54. The van der Waals surface area contributed by atoms with Gasteiger partial charge in [0, 0.05) is 12.1 Å². The monoisotopic (exact) mass is 232 g/mol. The molecule has 0 heterocycles. The largest absolute Gasteiger partial charge is 0.395 e. The number of aliphatic hydroxyl groups is 1. The molecule has 4 N–H and O–H groups in total. The first-order valence-electron chi connectivity index (χ1n) is 4.58. The van der Waals surface area contributed by atoms with Gasteiger partial charge in [-0.1, -0.05) is 17.7 Å². The molecular weight excluding hydrogens is 219 g/mol. The average molecular weight is 233 g/mol. The Bertz CT molecular complexity index is 335. The van der Waals surface area contributed by atoms with Gasteiger partial charge in [0.05, 0.1) is 11.6 Å². The van der Waals surface area contributed by atoms with Crippen LogP contribution in [0.2, 0.25) is 5.02 Å². The summed E-state index contributed by atoms with van der Waals surface area (Å²) in [6.45, 7) is -0.152. The summed E-state index contributed by atoms with van der Waals surface area (Å²) in [6, 6.07) is 3.70. The molecular formula is C10H14ClFN2O. The normalized spacial score (nSPS) is 15.0. The molecule has 0 amide bonds. The van der Waals surface area contributed by atoms with Gasteiger partial charge in [-0.25, -0.2) is 4.39 Å². The molecule has 2 unspecified atom stereocenters. The molecule has 0 spiro atoms. The Morgan fingerprint density at radius 2 is 2.27 bits per heavy atom. The molecule has 0 aliphatic heterocycles. The fraction of sp³-hybridized carbons (Fsp3) is 0.400. The lowest BCUT2D eigenvalue weighted by Crippen LogP contribution is -2.38. The lowest BCUT2D eigenvalue weighted by Gasteiger charge is -2.22. The Hall–Kier alpha value is -0.680. The Morgan fingerprint density at radius 1 is 1.60 bits per heavy atom. The van der Waals surface area contributed by atoms with E-state index in [9.17, 15) is 4.39 Å². The van der Waals surface area contributed by atoms with Gasteiger partial charge in [-0.05, 0) is 24.7 Å². The minimum atomic E-state index is -0.465. The predicted octanol–water partition coefficient (Wildman–Crippen LogP) is 1.06. The van der Waals surface area contributed by atoms with Crippen LogP contribution in [-0.2, 0) is 0 Å². The maximum absolute atomic E-state index is 12.9. The number of benzene rings is 1. The van der Waals surface area contributed by atoms with Crippen molar-refractivity contribution in [2.24, 2.45) is 5.73 Å². The van der Waals surface area contributed by atoms with Gasteiger partial charge in [0.15, 0.2) is 0 Å². The number of aliphatic hydroxyl groups excluding tert-OH is 1. The molecule has 0 aliphatic rings. The highest BCUT2D eigenvalue weighted by molar-refractivity contribution is 6.30. The van der Waals surface area contributed by atoms with E-state index in [1.54, 1.807) is 13.1 Å². The van der Waals surface area contributed by atoms with Crippen LogP contribution >= 0.6 is 11.6 Å². The average Bonchev–Trinajstić information content (AvgIpc) is 2.24. The maximum Gasteiger partial charge on any atom is 0.141 e. The van der Waals surface area contributed by atoms with Crippen LogP contribution in [0.5, 0.6) is 0 Å². The van der Waals surface area contributed by atoms with Crippen molar-refractivity contribution in [1.82, 2.24) is 5.32 Å². The number of nitrogens with one attached hydrogen (secondary N) is 1. The van der Waals surface area contributed by atoms with Gasteiger partial charge in [-0.2, -0.15) is 0 Å². The van der Waals surface area contributed by atoms with E-state index in [0.29, 0.717) is 0 Å². The minimum Gasteiger partial charge on any atom is -0.395 e. The van der Waals surface area contributed by atoms with Crippen molar-refractivity contribution in [1.29, 1.82) is 0 Å². The third-order valence-electron chi connectivity index (χ3n) is 2.25. The van der Waals surface area contributed by atoms with Crippen LogP contribution in [0.4, 0.5) is 4.39 Å². The van der Waals surface area contributed by atoms with Crippen LogP contribution in [0.3, 0.4) is 0 Å². The Kier molecular flexibility index (Phi) is 4.47. The summed E-state index contributed by atoms with van der Waals surface area (Å²) in [5, 5.41) is 12.0. The fourth-order valence-corrected chi connectivity index (χ4v) is 1.63. The molecule has 1 rings (SSSR count). The van der Waals surface area contributed by atoms with Crippen LogP contribution in [0.25, 0.3) is 0 Å². The summed E-state index contributed by atoms with van der Waals surface area (Å²) in [4.78, 5) is 0. The highest BCUT2D eigenvalue weighted by Gasteiger charge is 2.18. The molecule has 3 nitrogen and oxygen atoms in total. The van der Waals surface area contributed by atoms with Crippen molar-refractivity contribution >= 4 is 11.6 Å². The first-order valence-corrected chi connectivity index (χ1v) is 4.96. The van der Waals surface area contributed by atoms with E-state index in [0.717, 1.165) is 5.56 Å². The maximum atomic E-state index is 12.9. The molecule has 84 valence electrons. The van der Waals surface area contributed by atoms with Crippen LogP contribution < -0.4 is 11.1 Å². The van der Waals surface area contributed by atoms with Crippen LogP contribution in [0.15, 0.2) is 18.2 Å². The van der Waals surface area contributed by atoms with E-state index in [2.05, 4.69) is 5.32 Å². The number of likely N-dealkylation sites (N-methyl/N-ethyl adjacent to an activating group) is 1. The van der Waals surface area contributed by atoms with Gasteiger partial charge < -0.3 is 16.2 Å². The molecule has 1 aromatic carbocycles. The van der Waals surface area contributed by atoms with E-state index < -0.39 is 11.9 Å². The molecule has 0 aliphatic carbocycles. The quantitative estimate of drug-likeness (QED) is 0.728. The van der Waals surface area contributed by atoms with Gasteiger partial charge in [0.25, 0.3) is 0 Å². The second kappa shape index (κ2) is 5.42. The standard InChI is InChI=1S/C10H14ClFN2O/c1-14-10(9(13)5-15)6-2-3-8(12)7(11)4-6/h2-4,9-10,14-15H,5,13H2,1H3. The highest BCUT2D eigenvalue weighted by Crippen LogP contribution is 2.22. The van der Waals surface area contributed by atoms with Crippen molar-refractivity contribution in [2.75, 3.05) is 13.7 Å². The molecule has 2 atom stereocenters. The Balaban J connectivity index is 2.97. The second-order valence-electron chi connectivity index (χ2n) is 3.29. The second-order valence-corrected chi connectivity index (χ2v) is 3.69. The van der Waals surface area contributed by atoms with E-state index in [4.69, 9.17) is 22.4 Å². The molecule has 0 bridgehead atoms. The number of hydrogen-bond acceptors (Lipinski definition) is 3. The van der Waals surface area contributed by atoms with Crippen molar-refractivity contribution in [3.8, 4) is 0 Å². The Labute approximate surface area is 93.0 Å². The predicted molar refractivity (Wildman–Crippen MR) is 58.3 cm³/mol. The van der Waals surface area contributed by atoms with Gasteiger partial charge in [-0.15, -0.1) is 0 Å². The SMILES string of the molecule is CNC(c1ccc(F)c(Cl)c1)C(N)CO. The summed E-state index contributed by atoms with van der Waals surface area (Å²) in [5.41, 5.74) is 6.45. The van der Waals surface area contributed by atoms with Crippen molar-refractivity contribution in [2.45, 2.75) is 12.1 Å². The fourth-order valence-electron chi connectivity index (χ4n) is 1.44. The molecule has 0 radical (unpaired) electrons. The molecule has 0 saturated heterocycles. The zero-order chi connectivity index (χ0) is 11.4. The molecule has 1 aromatic rings. The molecule has 0 aromatic heterocycles. The zero-order valence-electron chi connectivity index (χ0n) is 8.37. The van der Waals surface area contributed by atoms with E-state index in [1.807, 2.05) is 0 Å². The van der Waals surface area contributed by atoms with Crippen molar-refractivity contribution in [3.05, 3.63) is 34.6 Å². The van der Waals surface area contributed by atoms with Gasteiger partial charge >= 0.3 is 0 Å². The minimum absolute atomic E-state index is 0.0536. The van der Waals surface area contributed by atoms with Gasteiger partial charge in [0.2, 0.25) is 0 Å². The molecule has 5 heteroatoms. The zero-order valence-corrected chi connectivity index (χ0v) is 9.13. The lowest BCUT2D eigenvalue weighted by atomic mass is 10.0. The van der Waals surface area contributed by atoms with Crippen LogP contribution in [-0.4, -0.2) is 24.8 Å². The number of halogens is 2. The molecule has 0 fully saturated rings. The van der Waals surface area contributed by atoms with Crippen LogP contribution in [0, 0.1) is 5.82 Å². The summed E-state index contributed by atoms with van der Waals surface area (Å²) in [6.07, 6.45) is 0. The Morgan fingerprint density at radius 3 is 2.73 bits per heavy atom. The first kappa shape index (κ1) is 12.4. The number of hydrogen-bond donors (Lipinski definition) is 3. The summed E-state index contributed by atoms with van der Waals surface area (Å²) in [5.74, 6) is -0.465. The van der Waals surface area contributed by atoms with Gasteiger partial charge in [0.1, 0.15) is 5.82 Å². The molecule has 0 saturated carbocycles. The topological polar surface area (TPSA) is 58.3 Å². The molecule has 15 heavy (non-hydrogen) atoms. The van der Waals surface area contributed by atoms with Gasteiger partial charge in [-0.3, -0.25) is 0 Å².